The van der Waals surface area contributed by atoms with Crippen molar-refractivity contribution in [2.75, 3.05) is 13.1 Å². The van der Waals surface area contributed by atoms with Gasteiger partial charge in [0.2, 0.25) is 11.8 Å². The average Bonchev–Trinajstić information content (AvgIpc) is 3.45. The Morgan fingerprint density at radius 1 is 1.17 bits per heavy atom. The zero-order valence-corrected chi connectivity index (χ0v) is 14.5. The molecule has 1 aromatic rings. The molecule has 0 unspecified atom stereocenters. The van der Waals surface area contributed by atoms with E-state index in [1.165, 1.54) is 5.56 Å². The first kappa shape index (κ1) is 17.0. The molecule has 2 aliphatic rings. The van der Waals surface area contributed by atoms with Gasteiger partial charge in [0.05, 0.1) is 5.92 Å². The van der Waals surface area contributed by atoms with Gasteiger partial charge in [-0.1, -0.05) is 30.3 Å². The number of hydrogen-bond donors (Lipinski definition) is 1. The number of hydrogen-bond acceptors (Lipinski definition) is 2. The molecule has 1 aliphatic carbocycles. The minimum absolute atomic E-state index is 0.0411. The smallest absolute Gasteiger partial charge is 0.225 e. The molecule has 1 N–H and O–H groups in total. The summed E-state index contributed by atoms with van der Waals surface area (Å²) in [4.78, 5) is 26.6. The van der Waals surface area contributed by atoms with Crippen LogP contribution in [0, 0.1) is 11.8 Å². The summed E-state index contributed by atoms with van der Waals surface area (Å²) in [6.45, 7) is 3.49. The van der Waals surface area contributed by atoms with E-state index in [1.54, 1.807) is 0 Å². The standard InChI is InChI=1S/C20H28N2O2/c1-15(9-10-16-6-3-2-4-7-16)21-19(23)18-8-5-13-22(14-18)20(24)17-11-12-17/h2-4,6-7,15,17-18H,5,8-14H2,1H3,(H,21,23)/t15-,18-/m1/s1. The van der Waals surface area contributed by atoms with Crippen LogP contribution < -0.4 is 5.32 Å². The summed E-state index contributed by atoms with van der Waals surface area (Å²) in [5, 5.41) is 3.15. The number of aryl methyl sites for hydroxylation is 1. The van der Waals surface area contributed by atoms with Crippen molar-refractivity contribution in [2.45, 2.75) is 51.5 Å². The maximum Gasteiger partial charge on any atom is 0.225 e. The fourth-order valence-corrected chi connectivity index (χ4v) is 3.44. The molecule has 1 aliphatic heterocycles. The Kier molecular flexibility index (Phi) is 5.54. The third-order valence-corrected chi connectivity index (χ3v) is 5.13. The van der Waals surface area contributed by atoms with Crippen LogP contribution in [0.5, 0.6) is 0 Å². The van der Waals surface area contributed by atoms with Crippen LogP contribution >= 0.6 is 0 Å². The highest BCUT2D eigenvalue weighted by molar-refractivity contribution is 5.83. The van der Waals surface area contributed by atoms with Crippen molar-refractivity contribution in [3.63, 3.8) is 0 Å². The Labute approximate surface area is 144 Å². The first-order chi connectivity index (χ1) is 11.6. The zero-order chi connectivity index (χ0) is 16.9. The third kappa shape index (κ3) is 4.59. The van der Waals surface area contributed by atoms with Gasteiger partial charge in [-0.05, 0) is 51.0 Å². The van der Waals surface area contributed by atoms with E-state index < -0.39 is 0 Å². The Morgan fingerprint density at radius 3 is 2.62 bits per heavy atom. The summed E-state index contributed by atoms with van der Waals surface area (Å²) in [5.41, 5.74) is 1.30. The predicted molar refractivity (Wildman–Crippen MR) is 94.4 cm³/mol. The van der Waals surface area contributed by atoms with Crippen LogP contribution in [0.4, 0.5) is 0 Å². The molecule has 0 spiro atoms. The van der Waals surface area contributed by atoms with Crippen LogP contribution in [0.15, 0.2) is 30.3 Å². The van der Waals surface area contributed by atoms with E-state index in [4.69, 9.17) is 0 Å². The molecule has 0 radical (unpaired) electrons. The number of nitrogens with one attached hydrogen (secondary N) is 1. The Bertz CT molecular complexity index is 568. The molecule has 3 rings (SSSR count). The van der Waals surface area contributed by atoms with Gasteiger partial charge in [0, 0.05) is 25.0 Å². The van der Waals surface area contributed by atoms with Gasteiger partial charge in [0.1, 0.15) is 0 Å². The largest absolute Gasteiger partial charge is 0.353 e. The van der Waals surface area contributed by atoms with Gasteiger partial charge in [-0.2, -0.15) is 0 Å². The molecule has 2 amide bonds. The number of piperidine rings is 1. The molecule has 1 aromatic carbocycles. The van der Waals surface area contributed by atoms with Crippen LogP contribution in [0.25, 0.3) is 0 Å². The van der Waals surface area contributed by atoms with Gasteiger partial charge >= 0.3 is 0 Å². The second kappa shape index (κ2) is 7.82. The number of likely N-dealkylation sites (tertiary alicyclic amines) is 1. The van der Waals surface area contributed by atoms with E-state index in [9.17, 15) is 9.59 Å². The van der Waals surface area contributed by atoms with Gasteiger partial charge in [0.15, 0.2) is 0 Å². The SMILES string of the molecule is C[C@H](CCc1ccccc1)NC(=O)[C@@H]1CCCN(C(=O)C2CC2)C1. The molecule has 0 aromatic heterocycles. The Morgan fingerprint density at radius 2 is 1.92 bits per heavy atom. The second-order valence-corrected chi connectivity index (χ2v) is 7.33. The minimum atomic E-state index is -0.0411. The molecule has 4 nitrogen and oxygen atoms in total. The highest BCUT2D eigenvalue weighted by Crippen LogP contribution is 2.32. The number of benzene rings is 1. The van der Waals surface area contributed by atoms with Crippen LogP contribution in [-0.2, 0) is 16.0 Å². The summed E-state index contributed by atoms with van der Waals surface area (Å²) in [6.07, 6.45) is 5.80. The lowest BCUT2D eigenvalue weighted by molar-refractivity contribution is -0.137. The van der Waals surface area contributed by atoms with E-state index in [2.05, 4.69) is 24.4 Å². The van der Waals surface area contributed by atoms with Gasteiger partial charge < -0.3 is 10.2 Å². The monoisotopic (exact) mass is 328 g/mol. The first-order valence-electron chi connectivity index (χ1n) is 9.26. The summed E-state index contributed by atoms with van der Waals surface area (Å²) < 4.78 is 0. The molecule has 1 heterocycles. The fourth-order valence-electron chi connectivity index (χ4n) is 3.44. The number of nitrogens with zero attached hydrogens (tertiary/aromatic N) is 1. The number of rotatable bonds is 6. The van der Waals surface area contributed by atoms with E-state index in [-0.39, 0.29) is 29.7 Å². The van der Waals surface area contributed by atoms with Gasteiger partial charge in [-0.15, -0.1) is 0 Å². The van der Waals surface area contributed by atoms with Crippen molar-refractivity contribution in [1.82, 2.24) is 10.2 Å². The summed E-state index contributed by atoms with van der Waals surface area (Å²) in [6, 6.07) is 10.5. The van der Waals surface area contributed by atoms with Crippen molar-refractivity contribution in [1.29, 1.82) is 0 Å². The molecule has 2 atom stereocenters. The summed E-state index contributed by atoms with van der Waals surface area (Å²) >= 11 is 0. The minimum Gasteiger partial charge on any atom is -0.353 e. The zero-order valence-electron chi connectivity index (χ0n) is 14.5. The second-order valence-electron chi connectivity index (χ2n) is 7.33. The number of amides is 2. The molecule has 2 fully saturated rings. The highest BCUT2D eigenvalue weighted by Gasteiger charge is 2.36. The molecular weight excluding hydrogens is 300 g/mol. The highest BCUT2D eigenvalue weighted by atomic mass is 16.2. The molecular formula is C20H28N2O2. The molecule has 24 heavy (non-hydrogen) atoms. The number of carbonyl (C=O) groups excluding carboxylic acids is 2. The predicted octanol–water partition coefficient (Wildman–Crippen LogP) is 2.77. The lowest BCUT2D eigenvalue weighted by atomic mass is 9.96. The van der Waals surface area contributed by atoms with E-state index in [0.717, 1.165) is 45.1 Å². The molecule has 1 saturated carbocycles. The van der Waals surface area contributed by atoms with Crippen molar-refractivity contribution in [3.05, 3.63) is 35.9 Å². The quantitative estimate of drug-likeness (QED) is 0.873. The lowest BCUT2D eigenvalue weighted by Gasteiger charge is -2.32. The van der Waals surface area contributed by atoms with E-state index in [1.807, 2.05) is 23.1 Å². The molecule has 0 bridgehead atoms. The topological polar surface area (TPSA) is 49.4 Å². The van der Waals surface area contributed by atoms with Gasteiger partial charge in [-0.25, -0.2) is 0 Å². The van der Waals surface area contributed by atoms with Gasteiger partial charge in [-0.3, -0.25) is 9.59 Å². The average molecular weight is 328 g/mol. The fraction of sp³-hybridized carbons (Fsp3) is 0.600. The van der Waals surface area contributed by atoms with Crippen LogP contribution in [-0.4, -0.2) is 35.8 Å². The van der Waals surface area contributed by atoms with Crippen LogP contribution in [0.2, 0.25) is 0 Å². The lowest BCUT2D eigenvalue weighted by Crippen LogP contribution is -2.47. The molecule has 4 heteroatoms. The van der Waals surface area contributed by atoms with Crippen LogP contribution in [0.3, 0.4) is 0 Å². The van der Waals surface area contributed by atoms with Crippen LogP contribution in [0.1, 0.15) is 44.6 Å². The maximum atomic E-state index is 12.5. The maximum absolute atomic E-state index is 12.5. The van der Waals surface area contributed by atoms with Crippen molar-refractivity contribution < 1.29 is 9.59 Å². The summed E-state index contributed by atoms with van der Waals surface area (Å²) in [7, 11) is 0. The third-order valence-electron chi connectivity index (χ3n) is 5.13. The van der Waals surface area contributed by atoms with Crippen molar-refractivity contribution >= 4 is 11.8 Å². The Hall–Kier alpha value is -1.84. The molecule has 1 saturated heterocycles. The Balaban J connectivity index is 1.44. The molecule has 130 valence electrons. The normalized spacial score (nSPS) is 22.0. The van der Waals surface area contributed by atoms with Crippen molar-refractivity contribution in [3.8, 4) is 0 Å². The van der Waals surface area contributed by atoms with Gasteiger partial charge in [0.25, 0.3) is 0 Å². The first-order valence-corrected chi connectivity index (χ1v) is 9.26. The number of carbonyl (C=O) groups is 2. The van der Waals surface area contributed by atoms with Crippen molar-refractivity contribution in [2.24, 2.45) is 11.8 Å². The summed E-state index contributed by atoms with van der Waals surface area (Å²) in [5.74, 6) is 0.589. The van der Waals surface area contributed by atoms with E-state index >= 15 is 0 Å². The van der Waals surface area contributed by atoms with E-state index in [0.29, 0.717) is 6.54 Å².